The van der Waals surface area contributed by atoms with E-state index in [9.17, 15) is 14.4 Å². The molecule has 2 amide bonds. The van der Waals surface area contributed by atoms with Crippen molar-refractivity contribution in [2.24, 2.45) is 0 Å². The molecule has 0 fully saturated rings. The summed E-state index contributed by atoms with van der Waals surface area (Å²) in [5.74, 6) is -2.10. The molecule has 1 aliphatic heterocycles. The van der Waals surface area contributed by atoms with E-state index >= 15 is 0 Å². The summed E-state index contributed by atoms with van der Waals surface area (Å²) in [7, 11) is 0. The van der Waals surface area contributed by atoms with Crippen molar-refractivity contribution in [2.75, 3.05) is 0 Å². The van der Waals surface area contributed by atoms with Crippen molar-refractivity contribution < 1.29 is 19.5 Å². The number of carbonyl (C=O) groups excluding carboxylic acids is 2. The molecule has 1 heterocycles. The zero-order valence-electron chi connectivity index (χ0n) is 8.48. The van der Waals surface area contributed by atoms with Gasteiger partial charge in [-0.15, -0.1) is 0 Å². The van der Waals surface area contributed by atoms with Crippen LogP contribution >= 0.6 is 0 Å². The van der Waals surface area contributed by atoms with Gasteiger partial charge in [-0.1, -0.05) is 6.92 Å². The Hall–Kier alpha value is -1.91. The van der Waals surface area contributed by atoms with E-state index in [1.165, 1.54) is 6.92 Å². The summed E-state index contributed by atoms with van der Waals surface area (Å²) in [5, 5.41) is 8.85. The summed E-state index contributed by atoms with van der Waals surface area (Å²) in [5.41, 5.74) is 0.255. The van der Waals surface area contributed by atoms with Crippen LogP contribution in [-0.4, -0.2) is 27.8 Å². The Labute approximate surface area is 86.7 Å². The number of carboxylic acid groups (broad SMARTS) is 1. The summed E-state index contributed by atoms with van der Waals surface area (Å²) in [6.45, 7) is 3.11. The minimum atomic E-state index is -1.11. The number of allylic oxidation sites excluding steroid dienone is 1. The molecule has 1 aliphatic rings. The maximum absolute atomic E-state index is 11.3. The van der Waals surface area contributed by atoms with Gasteiger partial charge in [0.05, 0.1) is 5.57 Å². The Morgan fingerprint density at radius 3 is 2.13 bits per heavy atom. The molecule has 15 heavy (non-hydrogen) atoms. The number of amides is 2. The standard InChI is InChI=1S/C10H11NO4/c1-3-7(10(14)15)6(2)11-8(12)4-5-9(11)13/h4-5H,3H2,1-2H3,(H,14,15). The average Bonchev–Trinajstić information content (AvgIpc) is 2.46. The first-order valence-electron chi connectivity index (χ1n) is 4.48. The molecule has 0 bridgehead atoms. The number of hydrogen-bond donors (Lipinski definition) is 1. The van der Waals surface area contributed by atoms with Crippen molar-refractivity contribution in [3.8, 4) is 0 Å². The first kappa shape index (κ1) is 11.2. The van der Waals surface area contributed by atoms with Crippen LogP contribution in [0.25, 0.3) is 0 Å². The van der Waals surface area contributed by atoms with E-state index in [1.807, 2.05) is 0 Å². The lowest BCUT2D eigenvalue weighted by Crippen LogP contribution is -2.30. The highest BCUT2D eigenvalue weighted by Crippen LogP contribution is 2.17. The van der Waals surface area contributed by atoms with E-state index in [-0.39, 0.29) is 17.7 Å². The summed E-state index contributed by atoms with van der Waals surface area (Å²) in [6.07, 6.45) is 2.51. The molecule has 0 unspecified atom stereocenters. The number of carboxylic acids is 1. The van der Waals surface area contributed by atoms with Gasteiger partial charge in [0.1, 0.15) is 0 Å². The number of aliphatic carboxylic acids is 1. The molecule has 0 atom stereocenters. The molecule has 0 radical (unpaired) electrons. The SMILES string of the molecule is CCC(C(=O)O)=C(C)N1C(=O)C=CC1=O. The van der Waals surface area contributed by atoms with Crippen molar-refractivity contribution in [1.82, 2.24) is 4.90 Å². The van der Waals surface area contributed by atoms with Gasteiger partial charge in [0.15, 0.2) is 0 Å². The van der Waals surface area contributed by atoms with Crippen LogP contribution in [-0.2, 0) is 14.4 Å². The van der Waals surface area contributed by atoms with Gasteiger partial charge < -0.3 is 5.11 Å². The smallest absolute Gasteiger partial charge is 0.333 e. The fourth-order valence-corrected chi connectivity index (χ4v) is 1.43. The highest BCUT2D eigenvalue weighted by Gasteiger charge is 2.27. The van der Waals surface area contributed by atoms with Crippen LogP contribution in [0.1, 0.15) is 20.3 Å². The fourth-order valence-electron chi connectivity index (χ4n) is 1.43. The van der Waals surface area contributed by atoms with Crippen LogP contribution in [0.5, 0.6) is 0 Å². The Kier molecular flexibility index (Phi) is 3.04. The first-order chi connectivity index (χ1) is 6.99. The molecule has 0 aromatic carbocycles. The third-order valence-electron chi connectivity index (χ3n) is 2.19. The normalized spacial score (nSPS) is 17.1. The number of rotatable bonds is 3. The monoisotopic (exact) mass is 209 g/mol. The Bertz CT molecular complexity index is 374. The summed E-state index contributed by atoms with van der Waals surface area (Å²) < 4.78 is 0. The molecule has 5 heteroatoms. The molecule has 0 aromatic heterocycles. The van der Waals surface area contributed by atoms with E-state index < -0.39 is 17.8 Å². The van der Waals surface area contributed by atoms with Gasteiger partial charge in [-0.25, -0.2) is 9.69 Å². The van der Waals surface area contributed by atoms with Gasteiger partial charge in [0, 0.05) is 17.8 Å². The predicted molar refractivity (Wildman–Crippen MR) is 51.6 cm³/mol. The van der Waals surface area contributed by atoms with Gasteiger partial charge in [-0.05, 0) is 13.3 Å². The van der Waals surface area contributed by atoms with Crippen molar-refractivity contribution >= 4 is 17.8 Å². The number of nitrogens with zero attached hydrogens (tertiary/aromatic N) is 1. The molecular formula is C10H11NO4. The molecule has 80 valence electrons. The van der Waals surface area contributed by atoms with Crippen LogP contribution in [0.15, 0.2) is 23.4 Å². The highest BCUT2D eigenvalue weighted by atomic mass is 16.4. The molecular weight excluding hydrogens is 198 g/mol. The quantitative estimate of drug-likeness (QED) is 0.548. The molecule has 1 rings (SSSR count). The Morgan fingerprint density at radius 1 is 1.33 bits per heavy atom. The Morgan fingerprint density at radius 2 is 1.80 bits per heavy atom. The van der Waals surface area contributed by atoms with Gasteiger partial charge in [-0.2, -0.15) is 0 Å². The van der Waals surface area contributed by atoms with Crippen LogP contribution in [0.2, 0.25) is 0 Å². The van der Waals surface area contributed by atoms with Gasteiger partial charge in [-0.3, -0.25) is 9.59 Å². The minimum absolute atomic E-state index is 0.0698. The first-order valence-corrected chi connectivity index (χ1v) is 4.48. The van der Waals surface area contributed by atoms with E-state index in [1.54, 1.807) is 6.92 Å². The third kappa shape index (κ3) is 1.96. The minimum Gasteiger partial charge on any atom is -0.478 e. The van der Waals surface area contributed by atoms with Crippen LogP contribution < -0.4 is 0 Å². The lowest BCUT2D eigenvalue weighted by Gasteiger charge is -2.16. The van der Waals surface area contributed by atoms with Gasteiger partial charge in [0.25, 0.3) is 11.8 Å². The van der Waals surface area contributed by atoms with Crippen molar-refractivity contribution in [1.29, 1.82) is 0 Å². The van der Waals surface area contributed by atoms with Crippen LogP contribution in [0.4, 0.5) is 0 Å². The molecule has 0 aliphatic carbocycles. The van der Waals surface area contributed by atoms with Gasteiger partial charge in [0.2, 0.25) is 0 Å². The number of hydrogen-bond acceptors (Lipinski definition) is 3. The lowest BCUT2D eigenvalue weighted by atomic mass is 10.1. The Balaban J connectivity index is 3.12. The molecule has 0 saturated carbocycles. The highest BCUT2D eigenvalue weighted by molar-refractivity contribution is 6.14. The second kappa shape index (κ2) is 4.08. The second-order valence-corrected chi connectivity index (χ2v) is 3.07. The van der Waals surface area contributed by atoms with Crippen LogP contribution in [0, 0.1) is 0 Å². The molecule has 1 N–H and O–H groups in total. The number of carbonyl (C=O) groups is 3. The van der Waals surface area contributed by atoms with E-state index in [2.05, 4.69) is 0 Å². The number of imide groups is 1. The van der Waals surface area contributed by atoms with Crippen molar-refractivity contribution in [3.63, 3.8) is 0 Å². The van der Waals surface area contributed by atoms with Crippen molar-refractivity contribution in [3.05, 3.63) is 23.4 Å². The summed E-state index contributed by atoms with van der Waals surface area (Å²) in [4.78, 5) is 34.2. The largest absolute Gasteiger partial charge is 0.478 e. The zero-order chi connectivity index (χ0) is 11.6. The van der Waals surface area contributed by atoms with Gasteiger partial charge >= 0.3 is 5.97 Å². The third-order valence-corrected chi connectivity index (χ3v) is 2.19. The topological polar surface area (TPSA) is 74.7 Å². The summed E-state index contributed by atoms with van der Waals surface area (Å²) >= 11 is 0. The molecule has 0 aromatic rings. The second-order valence-electron chi connectivity index (χ2n) is 3.07. The fraction of sp³-hybridized carbons (Fsp3) is 0.300. The summed E-state index contributed by atoms with van der Waals surface area (Å²) in [6, 6.07) is 0. The van der Waals surface area contributed by atoms with E-state index in [0.717, 1.165) is 17.1 Å². The van der Waals surface area contributed by atoms with E-state index in [4.69, 9.17) is 5.11 Å². The average molecular weight is 209 g/mol. The maximum Gasteiger partial charge on any atom is 0.333 e. The molecule has 0 saturated heterocycles. The molecule has 5 nitrogen and oxygen atoms in total. The van der Waals surface area contributed by atoms with E-state index in [0.29, 0.717) is 0 Å². The maximum atomic E-state index is 11.3. The molecule has 0 spiro atoms. The lowest BCUT2D eigenvalue weighted by molar-refractivity contribution is -0.134. The zero-order valence-corrected chi connectivity index (χ0v) is 8.48. The predicted octanol–water partition coefficient (Wildman–Crippen LogP) is 0.680. The van der Waals surface area contributed by atoms with Crippen LogP contribution in [0.3, 0.4) is 0 Å². The van der Waals surface area contributed by atoms with Crippen molar-refractivity contribution in [2.45, 2.75) is 20.3 Å².